The molecule has 0 saturated carbocycles. The van der Waals surface area contributed by atoms with Crippen LogP contribution in [0.25, 0.3) is 0 Å². The van der Waals surface area contributed by atoms with Crippen LogP contribution >= 0.6 is 0 Å². The lowest BCUT2D eigenvalue weighted by Gasteiger charge is -2.22. The predicted octanol–water partition coefficient (Wildman–Crippen LogP) is 0.376. The standard InChI is InChI=1S/C7H13NO3/c1-4-7(2,3)8-5(9)6(10)11/h4H2,1-3H3,(H,8,9)(H,10,11). The largest absolute Gasteiger partial charge is 0.474 e. The number of rotatable bonds is 2. The Kier molecular flexibility index (Phi) is 3.04. The Hall–Kier alpha value is -1.06. The Morgan fingerprint density at radius 3 is 2.18 bits per heavy atom. The van der Waals surface area contributed by atoms with Crippen LogP contribution in [0.4, 0.5) is 0 Å². The summed E-state index contributed by atoms with van der Waals surface area (Å²) in [4.78, 5) is 20.7. The highest BCUT2D eigenvalue weighted by atomic mass is 16.4. The molecule has 0 radical (unpaired) electrons. The van der Waals surface area contributed by atoms with E-state index in [1.165, 1.54) is 0 Å². The van der Waals surface area contributed by atoms with Crippen LogP contribution in [0.5, 0.6) is 0 Å². The molecule has 0 saturated heterocycles. The summed E-state index contributed by atoms with van der Waals surface area (Å²) < 4.78 is 0. The van der Waals surface area contributed by atoms with Crippen molar-refractivity contribution in [1.29, 1.82) is 0 Å². The molecule has 2 N–H and O–H groups in total. The Morgan fingerprint density at radius 1 is 1.45 bits per heavy atom. The molecule has 0 heterocycles. The van der Waals surface area contributed by atoms with E-state index >= 15 is 0 Å². The highest BCUT2D eigenvalue weighted by molar-refractivity contribution is 6.31. The van der Waals surface area contributed by atoms with Crippen LogP contribution in [-0.2, 0) is 9.59 Å². The summed E-state index contributed by atoms with van der Waals surface area (Å²) in [5.41, 5.74) is -0.435. The van der Waals surface area contributed by atoms with Crippen molar-refractivity contribution in [3.63, 3.8) is 0 Å². The maximum absolute atomic E-state index is 10.6. The van der Waals surface area contributed by atoms with Gasteiger partial charge in [-0.1, -0.05) is 6.92 Å². The number of carbonyl (C=O) groups is 2. The van der Waals surface area contributed by atoms with Gasteiger partial charge in [0.25, 0.3) is 0 Å². The lowest BCUT2D eigenvalue weighted by atomic mass is 10.0. The number of hydrogen-bond acceptors (Lipinski definition) is 2. The van der Waals surface area contributed by atoms with Gasteiger partial charge in [0, 0.05) is 5.54 Å². The maximum atomic E-state index is 10.6. The number of nitrogens with one attached hydrogen (secondary N) is 1. The first kappa shape index (κ1) is 9.94. The molecule has 0 aromatic heterocycles. The fraction of sp³-hybridized carbons (Fsp3) is 0.714. The fourth-order valence-electron chi connectivity index (χ4n) is 0.449. The van der Waals surface area contributed by atoms with E-state index in [1.807, 2.05) is 6.92 Å². The average Bonchev–Trinajstić information content (AvgIpc) is 1.87. The summed E-state index contributed by atoms with van der Waals surface area (Å²) in [7, 11) is 0. The molecule has 1 amide bonds. The summed E-state index contributed by atoms with van der Waals surface area (Å²) in [6.07, 6.45) is 0.700. The first-order valence-corrected chi connectivity index (χ1v) is 3.44. The fourth-order valence-corrected chi connectivity index (χ4v) is 0.449. The Balaban J connectivity index is 4.04. The predicted molar refractivity (Wildman–Crippen MR) is 40.1 cm³/mol. The van der Waals surface area contributed by atoms with Gasteiger partial charge >= 0.3 is 11.9 Å². The second kappa shape index (κ2) is 3.37. The molecular weight excluding hydrogens is 146 g/mol. The lowest BCUT2D eigenvalue weighted by Crippen LogP contribution is -2.45. The molecule has 0 fully saturated rings. The van der Waals surface area contributed by atoms with Crippen LogP contribution in [0, 0.1) is 0 Å². The van der Waals surface area contributed by atoms with E-state index in [4.69, 9.17) is 5.11 Å². The minimum absolute atomic E-state index is 0.435. The van der Waals surface area contributed by atoms with E-state index < -0.39 is 17.4 Å². The van der Waals surface area contributed by atoms with Gasteiger partial charge in [-0.2, -0.15) is 0 Å². The molecule has 64 valence electrons. The van der Waals surface area contributed by atoms with Crippen LogP contribution in [0.1, 0.15) is 27.2 Å². The van der Waals surface area contributed by atoms with E-state index in [2.05, 4.69) is 5.32 Å². The Morgan fingerprint density at radius 2 is 1.91 bits per heavy atom. The first-order valence-electron chi connectivity index (χ1n) is 3.44. The van der Waals surface area contributed by atoms with Crippen LogP contribution < -0.4 is 5.32 Å². The maximum Gasteiger partial charge on any atom is 0.394 e. The summed E-state index contributed by atoms with van der Waals surface area (Å²) in [6, 6.07) is 0. The quantitative estimate of drug-likeness (QED) is 0.572. The van der Waals surface area contributed by atoms with E-state index in [-0.39, 0.29) is 0 Å². The lowest BCUT2D eigenvalue weighted by molar-refractivity contribution is -0.151. The second-order valence-corrected chi connectivity index (χ2v) is 3.00. The van der Waals surface area contributed by atoms with Gasteiger partial charge in [-0.3, -0.25) is 4.79 Å². The second-order valence-electron chi connectivity index (χ2n) is 3.00. The molecule has 0 aliphatic carbocycles. The summed E-state index contributed by atoms with van der Waals surface area (Å²) >= 11 is 0. The zero-order chi connectivity index (χ0) is 9.07. The summed E-state index contributed by atoms with van der Waals surface area (Å²) in [5.74, 6) is -2.39. The van der Waals surface area contributed by atoms with Gasteiger partial charge in [-0.25, -0.2) is 4.79 Å². The molecule has 0 atom stereocenters. The number of aliphatic carboxylic acids is 1. The highest BCUT2D eigenvalue weighted by Gasteiger charge is 2.21. The van der Waals surface area contributed by atoms with Crippen molar-refractivity contribution < 1.29 is 14.7 Å². The van der Waals surface area contributed by atoms with E-state index in [9.17, 15) is 9.59 Å². The van der Waals surface area contributed by atoms with Gasteiger partial charge < -0.3 is 10.4 Å². The van der Waals surface area contributed by atoms with Crippen molar-refractivity contribution in [3.8, 4) is 0 Å². The van der Waals surface area contributed by atoms with Crippen molar-refractivity contribution in [2.24, 2.45) is 0 Å². The van der Waals surface area contributed by atoms with Crippen LogP contribution in [0.2, 0.25) is 0 Å². The van der Waals surface area contributed by atoms with Gasteiger partial charge in [-0.15, -0.1) is 0 Å². The van der Waals surface area contributed by atoms with Crippen LogP contribution in [-0.4, -0.2) is 22.5 Å². The number of carbonyl (C=O) groups excluding carboxylic acids is 1. The van der Waals surface area contributed by atoms with Crippen molar-refractivity contribution in [2.45, 2.75) is 32.7 Å². The molecule has 0 aromatic carbocycles. The van der Waals surface area contributed by atoms with Gasteiger partial charge in [0.1, 0.15) is 0 Å². The van der Waals surface area contributed by atoms with E-state index in [0.717, 1.165) is 0 Å². The van der Waals surface area contributed by atoms with Gasteiger partial charge in [-0.05, 0) is 20.3 Å². The molecule has 4 nitrogen and oxygen atoms in total. The summed E-state index contributed by atoms with van der Waals surface area (Å²) in [5, 5.41) is 10.6. The third-order valence-electron chi connectivity index (χ3n) is 1.53. The third kappa shape index (κ3) is 3.60. The zero-order valence-corrected chi connectivity index (χ0v) is 6.97. The smallest absolute Gasteiger partial charge is 0.394 e. The highest BCUT2D eigenvalue weighted by Crippen LogP contribution is 2.05. The molecule has 0 unspecified atom stereocenters. The number of hydrogen-bond donors (Lipinski definition) is 2. The minimum Gasteiger partial charge on any atom is -0.474 e. The molecule has 0 rings (SSSR count). The van der Waals surface area contributed by atoms with Crippen LogP contribution in [0.3, 0.4) is 0 Å². The third-order valence-corrected chi connectivity index (χ3v) is 1.53. The summed E-state index contributed by atoms with van der Waals surface area (Å²) in [6.45, 7) is 5.42. The van der Waals surface area contributed by atoms with Crippen molar-refractivity contribution >= 4 is 11.9 Å². The Bertz CT molecular complexity index is 175. The Labute approximate surface area is 65.6 Å². The minimum atomic E-state index is -1.44. The molecule has 11 heavy (non-hydrogen) atoms. The molecule has 0 aromatic rings. The normalized spacial score (nSPS) is 10.8. The topological polar surface area (TPSA) is 66.4 Å². The van der Waals surface area contributed by atoms with Crippen LogP contribution in [0.15, 0.2) is 0 Å². The molecule has 0 aliphatic rings. The number of carboxylic acid groups (broad SMARTS) is 1. The first-order chi connectivity index (χ1) is 4.89. The SMILES string of the molecule is CCC(C)(C)NC(=O)C(=O)O. The van der Waals surface area contributed by atoms with Gasteiger partial charge in [0.15, 0.2) is 0 Å². The van der Waals surface area contributed by atoms with Gasteiger partial charge in [0.2, 0.25) is 0 Å². The monoisotopic (exact) mass is 159 g/mol. The van der Waals surface area contributed by atoms with Crippen molar-refractivity contribution in [3.05, 3.63) is 0 Å². The molecule has 0 aliphatic heterocycles. The number of amides is 1. The van der Waals surface area contributed by atoms with Crippen molar-refractivity contribution in [1.82, 2.24) is 5.32 Å². The molecular formula is C7H13NO3. The van der Waals surface area contributed by atoms with E-state index in [1.54, 1.807) is 13.8 Å². The molecule has 4 heteroatoms. The molecule has 0 spiro atoms. The average molecular weight is 159 g/mol. The molecule has 0 bridgehead atoms. The zero-order valence-electron chi connectivity index (χ0n) is 6.97. The van der Waals surface area contributed by atoms with E-state index in [0.29, 0.717) is 6.42 Å². The van der Waals surface area contributed by atoms with Gasteiger partial charge in [0.05, 0.1) is 0 Å². The van der Waals surface area contributed by atoms with Crippen molar-refractivity contribution in [2.75, 3.05) is 0 Å². The number of carboxylic acids is 1.